The van der Waals surface area contributed by atoms with Crippen LogP contribution in [0.15, 0.2) is 85.3 Å². The fraction of sp³-hybridized carbons (Fsp3) is 0.143. The summed E-state index contributed by atoms with van der Waals surface area (Å²) in [7, 11) is 0. The summed E-state index contributed by atoms with van der Waals surface area (Å²) in [5, 5.41) is 30.2. The predicted molar refractivity (Wildman–Crippen MR) is 137 cm³/mol. The topological polar surface area (TPSA) is 92.3 Å². The number of rotatable bonds is 6. The van der Waals surface area contributed by atoms with Crippen LogP contribution in [0.25, 0.3) is 10.8 Å². The molecule has 7 nitrogen and oxygen atoms in total. The largest absolute Gasteiger partial charge is 0.508 e. The molecular formula is C28H26N4O3. The van der Waals surface area contributed by atoms with Gasteiger partial charge in [0.15, 0.2) is 0 Å². The van der Waals surface area contributed by atoms with Crippen LogP contribution in [0.1, 0.15) is 41.3 Å². The second-order valence-electron chi connectivity index (χ2n) is 8.88. The lowest BCUT2D eigenvalue weighted by Crippen LogP contribution is -2.13. The molecular weight excluding hydrogens is 440 g/mol. The number of nitrogens with one attached hydrogen (secondary N) is 1. The smallest absolute Gasteiger partial charge is 0.267 e. The molecule has 0 atom stereocenters. The summed E-state index contributed by atoms with van der Waals surface area (Å²) in [5.74, 6) is 0.185. The summed E-state index contributed by atoms with van der Waals surface area (Å²) >= 11 is 0. The molecule has 3 N–H and O–H groups in total. The third-order valence-electron chi connectivity index (χ3n) is 6.06. The normalized spacial score (nSPS) is 11.3. The van der Waals surface area contributed by atoms with Gasteiger partial charge in [0.2, 0.25) is 0 Å². The Morgan fingerprint density at radius 2 is 1.66 bits per heavy atom. The van der Waals surface area contributed by atoms with E-state index in [9.17, 15) is 15.0 Å². The van der Waals surface area contributed by atoms with E-state index in [4.69, 9.17) is 0 Å². The number of hydrogen-bond donors (Lipinski definition) is 3. The minimum Gasteiger partial charge on any atom is -0.508 e. The Kier molecular flexibility index (Phi) is 5.74. The van der Waals surface area contributed by atoms with Crippen LogP contribution < -0.4 is 5.32 Å². The van der Waals surface area contributed by atoms with Gasteiger partial charge in [-0.1, -0.05) is 62.4 Å². The average Bonchev–Trinajstić information content (AvgIpc) is 3.45. The van der Waals surface area contributed by atoms with Crippen molar-refractivity contribution in [1.82, 2.24) is 14.3 Å². The Morgan fingerprint density at radius 1 is 0.971 bits per heavy atom. The van der Waals surface area contributed by atoms with Crippen LogP contribution in [0.5, 0.6) is 11.5 Å². The predicted octanol–water partition coefficient (Wildman–Crippen LogP) is 5.85. The van der Waals surface area contributed by atoms with E-state index < -0.39 is 5.91 Å². The molecule has 0 saturated carbocycles. The molecule has 0 fully saturated rings. The fourth-order valence-electron chi connectivity index (χ4n) is 4.15. The molecule has 3 aromatic carbocycles. The first-order chi connectivity index (χ1) is 16.9. The second-order valence-corrected chi connectivity index (χ2v) is 8.88. The van der Waals surface area contributed by atoms with E-state index in [1.54, 1.807) is 29.3 Å². The summed E-state index contributed by atoms with van der Waals surface area (Å²) in [6.45, 7) is 4.83. The number of aromatic hydroxyl groups is 2. The van der Waals surface area contributed by atoms with E-state index in [1.807, 2.05) is 24.3 Å². The number of carbonyl (C=O) groups is 1. The van der Waals surface area contributed by atoms with Crippen molar-refractivity contribution in [3.63, 3.8) is 0 Å². The van der Waals surface area contributed by atoms with Crippen LogP contribution in [0.3, 0.4) is 0 Å². The fourth-order valence-corrected chi connectivity index (χ4v) is 4.15. The molecule has 5 aromatic rings. The van der Waals surface area contributed by atoms with Gasteiger partial charge in [-0.3, -0.25) is 9.36 Å². The Morgan fingerprint density at radius 3 is 2.31 bits per heavy atom. The summed E-state index contributed by atoms with van der Waals surface area (Å²) < 4.78 is 3.21. The Labute approximate surface area is 202 Å². The molecule has 0 aliphatic heterocycles. The van der Waals surface area contributed by atoms with E-state index in [1.165, 1.54) is 16.2 Å². The highest BCUT2D eigenvalue weighted by Gasteiger charge is 2.21. The molecule has 0 spiro atoms. The summed E-state index contributed by atoms with van der Waals surface area (Å²) in [6, 6.07) is 20.4. The van der Waals surface area contributed by atoms with Crippen LogP contribution in [-0.4, -0.2) is 30.5 Å². The van der Waals surface area contributed by atoms with Crippen molar-refractivity contribution in [1.29, 1.82) is 0 Å². The molecule has 0 aliphatic carbocycles. The number of phenols is 2. The number of hydrogen-bond acceptors (Lipinski definition) is 5. The van der Waals surface area contributed by atoms with Gasteiger partial charge in [-0.25, -0.2) is 4.68 Å². The van der Waals surface area contributed by atoms with Gasteiger partial charge in [0.25, 0.3) is 5.91 Å². The summed E-state index contributed by atoms with van der Waals surface area (Å²) in [4.78, 5) is 13.4. The van der Waals surface area contributed by atoms with E-state index in [2.05, 4.69) is 48.5 Å². The molecule has 7 heteroatoms. The number of aromatic nitrogens is 3. The number of phenolic OH excluding ortho intramolecular Hbond substituents is 2. The zero-order valence-electron chi connectivity index (χ0n) is 19.5. The van der Waals surface area contributed by atoms with E-state index in [0.29, 0.717) is 18.3 Å². The van der Waals surface area contributed by atoms with Gasteiger partial charge in [0.1, 0.15) is 22.9 Å². The van der Waals surface area contributed by atoms with Crippen LogP contribution >= 0.6 is 0 Å². The molecule has 5 rings (SSSR count). The van der Waals surface area contributed by atoms with Crippen molar-refractivity contribution in [2.45, 2.75) is 26.3 Å². The third kappa shape index (κ3) is 4.48. The van der Waals surface area contributed by atoms with Crippen molar-refractivity contribution >= 4 is 28.2 Å². The van der Waals surface area contributed by atoms with Crippen molar-refractivity contribution in [2.75, 3.05) is 5.32 Å². The van der Waals surface area contributed by atoms with E-state index in [0.717, 1.165) is 22.4 Å². The van der Waals surface area contributed by atoms with Gasteiger partial charge in [-0.15, -0.1) is 0 Å². The molecule has 176 valence electrons. The molecule has 2 aromatic heterocycles. The summed E-state index contributed by atoms with van der Waals surface area (Å²) in [6.07, 6.45) is 5.10. The van der Waals surface area contributed by atoms with Crippen molar-refractivity contribution in [2.24, 2.45) is 0 Å². The standard InChI is InChI=1S/C28H26N4O3/c1-18(2)20-9-7-19(8-10-20)15-32-26(11-12-29-32)30-24-13-23(33)14-25(34)27(24)28(35)31-16-21-5-3-4-6-22(21)17-31/h3-14,16-18,30,33-34H,15H2,1-2H3. The monoisotopic (exact) mass is 466 g/mol. The Bertz CT molecular complexity index is 1480. The number of carbonyl (C=O) groups excluding carboxylic acids is 1. The van der Waals surface area contributed by atoms with Crippen LogP contribution in [0.2, 0.25) is 0 Å². The first-order valence-corrected chi connectivity index (χ1v) is 11.4. The summed E-state index contributed by atoms with van der Waals surface area (Å²) in [5.41, 5.74) is 2.68. The number of fused-ring (bicyclic) bond motifs is 1. The van der Waals surface area contributed by atoms with Gasteiger partial charge in [0.05, 0.1) is 18.4 Å². The molecule has 0 amide bonds. The lowest BCUT2D eigenvalue weighted by Gasteiger charge is -2.15. The molecule has 0 unspecified atom stereocenters. The minimum atomic E-state index is -0.420. The van der Waals surface area contributed by atoms with Crippen molar-refractivity contribution in [3.8, 4) is 11.5 Å². The lowest BCUT2D eigenvalue weighted by molar-refractivity contribution is 0.0959. The Balaban J connectivity index is 1.47. The zero-order chi connectivity index (χ0) is 24.5. The Hall–Kier alpha value is -4.52. The van der Waals surface area contributed by atoms with E-state index in [-0.39, 0.29) is 22.7 Å². The average molecular weight is 467 g/mol. The molecule has 0 saturated heterocycles. The molecule has 2 heterocycles. The van der Waals surface area contributed by atoms with Gasteiger partial charge in [-0.2, -0.15) is 5.10 Å². The van der Waals surface area contributed by atoms with Gasteiger partial charge >= 0.3 is 0 Å². The molecule has 0 aliphatic rings. The zero-order valence-corrected chi connectivity index (χ0v) is 19.5. The molecule has 0 bridgehead atoms. The van der Waals surface area contributed by atoms with Gasteiger partial charge < -0.3 is 15.5 Å². The van der Waals surface area contributed by atoms with Crippen molar-refractivity contribution < 1.29 is 15.0 Å². The number of anilines is 2. The van der Waals surface area contributed by atoms with Crippen LogP contribution in [0.4, 0.5) is 11.5 Å². The maximum absolute atomic E-state index is 13.4. The van der Waals surface area contributed by atoms with E-state index >= 15 is 0 Å². The highest BCUT2D eigenvalue weighted by atomic mass is 16.3. The second kappa shape index (κ2) is 9.02. The first kappa shape index (κ1) is 22.3. The molecule has 0 radical (unpaired) electrons. The van der Waals surface area contributed by atoms with Crippen molar-refractivity contribution in [3.05, 3.63) is 102 Å². The minimum absolute atomic E-state index is 0.0529. The van der Waals surface area contributed by atoms with Crippen LogP contribution in [0, 0.1) is 0 Å². The third-order valence-corrected chi connectivity index (χ3v) is 6.06. The first-order valence-electron chi connectivity index (χ1n) is 11.4. The quantitative estimate of drug-likeness (QED) is 0.292. The number of benzene rings is 3. The number of nitrogens with zero attached hydrogens (tertiary/aromatic N) is 3. The van der Waals surface area contributed by atoms with Gasteiger partial charge in [0, 0.05) is 30.6 Å². The van der Waals surface area contributed by atoms with Crippen LogP contribution in [-0.2, 0) is 6.54 Å². The van der Waals surface area contributed by atoms with Gasteiger partial charge in [-0.05, 0) is 27.8 Å². The lowest BCUT2D eigenvalue weighted by atomic mass is 10.0. The highest BCUT2D eigenvalue weighted by molar-refractivity contribution is 6.06. The maximum atomic E-state index is 13.4. The highest BCUT2D eigenvalue weighted by Crippen LogP contribution is 2.34. The molecule has 35 heavy (non-hydrogen) atoms. The SMILES string of the molecule is CC(C)c1ccc(Cn2nccc2Nc2cc(O)cc(O)c2C(=O)n2cc3ccccc3c2)cc1. The maximum Gasteiger partial charge on any atom is 0.267 e.